The molecule has 2 rings (SSSR count). The fraction of sp³-hybridized carbons (Fsp3) is 0.250. The Morgan fingerprint density at radius 1 is 1.24 bits per heavy atom. The number of halogens is 3. The molecule has 1 aromatic carbocycles. The van der Waals surface area contributed by atoms with Crippen LogP contribution in [0, 0.1) is 0 Å². The monoisotopic (exact) mass is 414 g/mol. The predicted octanol–water partition coefficient (Wildman–Crippen LogP) is 1.19. The van der Waals surface area contributed by atoms with E-state index in [0.717, 1.165) is 12.1 Å². The van der Waals surface area contributed by atoms with Crippen molar-refractivity contribution in [3.8, 4) is 5.75 Å². The van der Waals surface area contributed by atoms with Gasteiger partial charge in [-0.3, -0.25) is 19.4 Å². The summed E-state index contributed by atoms with van der Waals surface area (Å²) in [6.07, 6.45) is -4.56. The molecule has 7 N–H and O–H groups in total. The van der Waals surface area contributed by atoms with E-state index in [-0.39, 0.29) is 17.5 Å². The zero-order valence-electron chi connectivity index (χ0n) is 15.0. The Kier molecular flexibility index (Phi) is 6.31. The van der Waals surface area contributed by atoms with Crippen molar-refractivity contribution in [2.75, 3.05) is 10.6 Å². The largest absolute Gasteiger partial charge is 0.573 e. The lowest BCUT2D eigenvalue weighted by atomic mass is 10.2. The highest BCUT2D eigenvalue weighted by atomic mass is 19.4. The SMILES string of the molecule is CCC(Nc1nc(Nc2ccc(OC(F)(F)F)cc2)c(C(N)=O)c(=O)[nH]1)C(N)=O. The van der Waals surface area contributed by atoms with Crippen molar-refractivity contribution in [3.63, 3.8) is 0 Å². The van der Waals surface area contributed by atoms with Crippen molar-refractivity contribution in [2.24, 2.45) is 11.5 Å². The lowest BCUT2D eigenvalue weighted by molar-refractivity contribution is -0.274. The van der Waals surface area contributed by atoms with Gasteiger partial charge in [-0.05, 0) is 30.7 Å². The second-order valence-corrected chi connectivity index (χ2v) is 5.71. The van der Waals surface area contributed by atoms with E-state index in [0.29, 0.717) is 6.42 Å². The van der Waals surface area contributed by atoms with Gasteiger partial charge in [0.25, 0.3) is 11.5 Å². The van der Waals surface area contributed by atoms with Crippen LogP contribution in [0.1, 0.15) is 23.7 Å². The Hall–Kier alpha value is -3.77. The molecule has 1 atom stereocenters. The van der Waals surface area contributed by atoms with Crippen molar-refractivity contribution >= 4 is 29.3 Å². The number of nitrogens with two attached hydrogens (primary N) is 2. The highest BCUT2D eigenvalue weighted by Crippen LogP contribution is 2.25. The molecule has 0 aliphatic carbocycles. The van der Waals surface area contributed by atoms with Gasteiger partial charge in [0.1, 0.15) is 17.4 Å². The summed E-state index contributed by atoms with van der Waals surface area (Å²) >= 11 is 0. The average molecular weight is 414 g/mol. The quantitative estimate of drug-likeness (QED) is 0.433. The second kappa shape index (κ2) is 8.50. The zero-order chi connectivity index (χ0) is 21.8. The number of alkyl halides is 3. The zero-order valence-corrected chi connectivity index (χ0v) is 15.0. The number of benzene rings is 1. The molecule has 156 valence electrons. The summed E-state index contributed by atoms with van der Waals surface area (Å²) in [5.74, 6) is -2.68. The molecule has 1 heterocycles. The summed E-state index contributed by atoms with van der Waals surface area (Å²) in [5, 5.41) is 5.24. The first kappa shape index (κ1) is 21.5. The van der Waals surface area contributed by atoms with Crippen LogP contribution in [-0.2, 0) is 4.79 Å². The maximum Gasteiger partial charge on any atom is 0.573 e. The lowest BCUT2D eigenvalue weighted by Gasteiger charge is -2.16. The van der Waals surface area contributed by atoms with Gasteiger partial charge in [0.15, 0.2) is 5.82 Å². The third-order valence-electron chi connectivity index (χ3n) is 3.58. The number of hydrogen-bond acceptors (Lipinski definition) is 7. The topological polar surface area (TPSA) is 165 Å². The van der Waals surface area contributed by atoms with Crippen molar-refractivity contribution in [1.82, 2.24) is 9.97 Å². The van der Waals surface area contributed by atoms with Crippen molar-refractivity contribution < 1.29 is 27.5 Å². The summed E-state index contributed by atoms with van der Waals surface area (Å²) in [7, 11) is 0. The van der Waals surface area contributed by atoms with Crippen LogP contribution in [-0.4, -0.2) is 34.2 Å². The van der Waals surface area contributed by atoms with Gasteiger partial charge in [-0.15, -0.1) is 13.2 Å². The minimum Gasteiger partial charge on any atom is -0.406 e. The molecule has 2 amide bonds. The number of anilines is 3. The molecule has 0 fully saturated rings. The number of rotatable bonds is 8. The minimum atomic E-state index is -4.85. The third-order valence-corrected chi connectivity index (χ3v) is 3.58. The number of hydrogen-bond donors (Lipinski definition) is 5. The Balaban J connectivity index is 2.35. The molecule has 1 aromatic heterocycles. The third kappa shape index (κ3) is 5.85. The van der Waals surface area contributed by atoms with Gasteiger partial charge in [-0.1, -0.05) is 6.92 Å². The van der Waals surface area contributed by atoms with Crippen LogP contribution in [0.5, 0.6) is 5.75 Å². The van der Waals surface area contributed by atoms with Gasteiger partial charge in [0.05, 0.1) is 0 Å². The predicted molar refractivity (Wildman–Crippen MR) is 96.7 cm³/mol. The Morgan fingerprint density at radius 2 is 1.86 bits per heavy atom. The number of H-pyrrole nitrogens is 1. The number of aromatic nitrogens is 2. The van der Waals surface area contributed by atoms with Gasteiger partial charge in [0.2, 0.25) is 11.9 Å². The number of nitrogens with zero attached hydrogens (tertiary/aromatic N) is 1. The number of nitrogens with one attached hydrogen (secondary N) is 3. The molecular weight excluding hydrogens is 397 g/mol. The summed E-state index contributed by atoms with van der Waals surface area (Å²) in [6.45, 7) is 1.67. The highest BCUT2D eigenvalue weighted by molar-refractivity contribution is 5.98. The van der Waals surface area contributed by atoms with Gasteiger partial charge in [-0.2, -0.15) is 4.98 Å². The van der Waals surface area contributed by atoms with Gasteiger partial charge >= 0.3 is 6.36 Å². The van der Waals surface area contributed by atoms with E-state index in [1.165, 1.54) is 12.1 Å². The summed E-state index contributed by atoms with van der Waals surface area (Å²) < 4.78 is 40.5. The molecule has 13 heteroatoms. The molecule has 10 nitrogen and oxygen atoms in total. The number of carbonyl (C=O) groups excluding carboxylic acids is 2. The smallest absolute Gasteiger partial charge is 0.406 e. The first-order valence-corrected chi connectivity index (χ1v) is 8.13. The molecule has 0 aliphatic heterocycles. The highest BCUT2D eigenvalue weighted by Gasteiger charge is 2.31. The maximum absolute atomic E-state index is 12.2. The van der Waals surface area contributed by atoms with Gasteiger partial charge in [0, 0.05) is 5.69 Å². The van der Waals surface area contributed by atoms with Crippen LogP contribution in [0.15, 0.2) is 29.1 Å². The summed E-state index contributed by atoms with van der Waals surface area (Å²) in [6, 6.07) is 3.61. The van der Waals surface area contributed by atoms with Gasteiger partial charge < -0.3 is 26.8 Å². The maximum atomic E-state index is 12.2. The minimum absolute atomic E-state index is 0.162. The molecular formula is C16H17F3N6O4. The second-order valence-electron chi connectivity index (χ2n) is 5.71. The lowest BCUT2D eigenvalue weighted by Crippen LogP contribution is -2.36. The van der Waals surface area contributed by atoms with Crippen molar-refractivity contribution in [1.29, 1.82) is 0 Å². The summed E-state index contributed by atoms with van der Waals surface area (Å²) in [4.78, 5) is 41.5. The molecule has 29 heavy (non-hydrogen) atoms. The van der Waals surface area contributed by atoms with Gasteiger partial charge in [-0.25, -0.2) is 0 Å². The Bertz CT molecular complexity index is 959. The normalized spacial score (nSPS) is 12.1. The molecule has 0 saturated carbocycles. The fourth-order valence-corrected chi connectivity index (χ4v) is 2.28. The molecule has 0 radical (unpaired) electrons. The average Bonchev–Trinajstić information content (AvgIpc) is 2.59. The number of primary amides is 2. The van der Waals surface area contributed by atoms with E-state index in [4.69, 9.17) is 11.5 Å². The van der Waals surface area contributed by atoms with Crippen LogP contribution in [0.3, 0.4) is 0 Å². The van der Waals surface area contributed by atoms with Crippen molar-refractivity contribution in [3.05, 3.63) is 40.2 Å². The Morgan fingerprint density at radius 3 is 2.34 bits per heavy atom. The summed E-state index contributed by atoms with van der Waals surface area (Å²) in [5.41, 5.74) is 9.22. The van der Waals surface area contributed by atoms with E-state index in [1.807, 2.05) is 0 Å². The van der Waals surface area contributed by atoms with E-state index in [2.05, 4.69) is 25.3 Å². The molecule has 2 aromatic rings. The standard InChI is InChI=1S/C16H17F3N6O4/c1-2-9(11(20)26)23-15-24-13(10(12(21)27)14(28)25-15)22-7-3-5-8(6-4-7)29-16(17,18)19/h3-6,9H,2H2,1H3,(H2,20,26)(H2,21,27)(H3,22,23,24,25,28). The number of ether oxygens (including phenoxy) is 1. The number of amides is 2. The van der Waals surface area contributed by atoms with E-state index in [9.17, 15) is 27.6 Å². The van der Waals surface area contributed by atoms with Crippen LogP contribution in [0.25, 0.3) is 0 Å². The molecule has 0 bridgehead atoms. The molecule has 0 saturated heterocycles. The first-order valence-electron chi connectivity index (χ1n) is 8.13. The van der Waals surface area contributed by atoms with Crippen molar-refractivity contribution in [2.45, 2.75) is 25.7 Å². The van der Waals surface area contributed by atoms with Crippen LogP contribution in [0.4, 0.5) is 30.6 Å². The van der Waals surface area contributed by atoms with Crippen LogP contribution >= 0.6 is 0 Å². The van der Waals surface area contributed by atoms with Crippen LogP contribution in [0.2, 0.25) is 0 Å². The Labute approximate surface area is 161 Å². The molecule has 0 spiro atoms. The first-order chi connectivity index (χ1) is 13.5. The fourth-order valence-electron chi connectivity index (χ4n) is 2.28. The van der Waals surface area contributed by atoms with E-state index >= 15 is 0 Å². The molecule has 0 aliphatic rings. The number of carbonyl (C=O) groups is 2. The van der Waals surface area contributed by atoms with Crippen LogP contribution < -0.4 is 32.4 Å². The van der Waals surface area contributed by atoms with E-state index < -0.39 is 41.1 Å². The van der Waals surface area contributed by atoms with E-state index in [1.54, 1.807) is 6.92 Å². The number of aromatic amines is 1. The molecule has 1 unspecified atom stereocenters.